The van der Waals surface area contributed by atoms with Crippen LogP contribution in [-0.4, -0.2) is 12.6 Å². The van der Waals surface area contributed by atoms with Crippen molar-refractivity contribution >= 4 is 12.0 Å². The van der Waals surface area contributed by atoms with Crippen LogP contribution in [0.15, 0.2) is 23.1 Å². The summed E-state index contributed by atoms with van der Waals surface area (Å²) in [5.41, 5.74) is 0. The Morgan fingerprint density at radius 3 is 2.18 bits per heavy atom. The molecule has 0 saturated carbocycles. The molecule has 0 fully saturated rings. The van der Waals surface area contributed by atoms with Crippen LogP contribution >= 0.6 is 0 Å². The molecule has 124 valence electrons. The maximum absolute atomic E-state index is 11.7. The van der Waals surface area contributed by atoms with Crippen LogP contribution in [0, 0.1) is 0 Å². The Hall–Kier alpha value is -1.51. The molecule has 0 unspecified atom stereocenters. The first-order valence-electron chi connectivity index (χ1n) is 8.67. The van der Waals surface area contributed by atoms with Crippen molar-refractivity contribution in [1.82, 2.24) is 0 Å². The van der Waals surface area contributed by atoms with Crippen LogP contribution in [-0.2, 0) is 4.74 Å². The molecular weight excluding hydrogens is 276 g/mol. The van der Waals surface area contributed by atoms with Crippen molar-refractivity contribution in [2.75, 3.05) is 6.61 Å². The van der Waals surface area contributed by atoms with E-state index in [1.165, 1.54) is 51.4 Å². The van der Waals surface area contributed by atoms with Crippen LogP contribution in [0.25, 0.3) is 6.08 Å². The molecular formula is C19H30O3. The van der Waals surface area contributed by atoms with E-state index in [1.54, 1.807) is 18.2 Å². The largest absolute Gasteiger partial charge is 0.460 e. The van der Waals surface area contributed by atoms with Gasteiger partial charge >= 0.3 is 5.97 Å². The molecule has 0 atom stereocenters. The summed E-state index contributed by atoms with van der Waals surface area (Å²) in [5.74, 6) is 0.455. The van der Waals surface area contributed by atoms with Gasteiger partial charge in [0.25, 0.3) is 0 Å². The van der Waals surface area contributed by atoms with E-state index in [4.69, 9.17) is 9.15 Å². The zero-order valence-corrected chi connectivity index (χ0v) is 13.9. The second kappa shape index (κ2) is 12.1. The average Bonchev–Trinajstić information content (AvgIpc) is 3.01. The van der Waals surface area contributed by atoms with Gasteiger partial charge < -0.3 is 9.15 Å². The Morgan fingerprint density at radius 2 is 1.64 bits per heavy atom. The van der Waals surface area contributed by atoms with Gasteiger partial charge in [0.2, 0.25) is 5.76 Å². The Kier molecular flexibility index (Phi) is 10.2. The number of unbranched alkanes of at least 4 members (excludes halogenated alkanes) is 9. The molecule has 0 spiro atoms. The molecule has 1 aromatic heterocycles. The standard InChI is InChI=1S/C19H30O3/c1-3-5-6-7-8-9-10-11-12-13-16-21-19(20)18-15-14-17(4-2)22-18/h4,14-15H,2-3,5-13,16H2,1H3. The van der Waals surface area contributed by atoms with Gasteiger partial charge in [-0.25, -0.2) is 4.79 Å². The maximum Gasteiger partial charge on any atom is 0.374 e. The first-order valence-corrected chi connectivity index (χ1v) is 8.67. The first-order chi connectivity index (χ1) is 10.8. The van der Waals surface area contributed by atoms with Crippen molar-refractivity contribution in [3.8, 4) is 0 Å². The van der Waals surface area contributed by atoms with Gasteiger partial charge in [0.1, 0.15) is 5.76 Å². The maximum atomic E-state index is 11.7. The van der Waals surface area contributed by atoms with Crippen molar-refractivity contribution in [2.45, 2.75) is 71.1 Å². The summed E-state index contributed by atoms with van der Waals surface area (Å²) in [6.45, 7) is 6.31. The number of rotatable bonds is 13. The Morgan fingerprint density at radius 1 is 1.05 bits per heavy atom. The second-order valence-electron chi connectivity index (χ2n) is 5.72. The topological polar surface area (TPSA) is 39.4 Å². The Bertz CT molecular complexity index is 420. The molecule has 0 amide bonds. The highest BCUT2D eigenvalue weighted by Gasteiger charge is 2.11. The first kappa shape index (κ1) is 18.5. The summed E-state index contributed by atoms with van der Waals surface area (Å²) >= 11 is 0. The van der Waals surface area contributed by atoms with Crippen LogP contribution in [0.3, 0.4) is 0 Å². The third kappa shape index (κ3) is 8.06. The lowest BCUT2D eigenvalue weighted by Crippen LogP contribution is -2.05. The molecule has 3 heteroatoms. The molecule has 0 radical (unpaired) electrons. The van der Waals surface area contributed by atoms with E-state index in [1.807, 2.05) is 0 Å². The summed E-state index contributed by atoms with van der Waals surface area (Å²) < 4.78 is 10.4. The van der Waals surface area contributed by atoms with Crippen molar-refractivity contribution in [3.63, 3.8) is 0 Å². The van der Waals surface area contributed by atoms with Crippen molar-refractivity contribution in [2.24, 2.45) is 0 Å². The molecule has 0 saturated heterocycles. The molecule has 0 bridgehead atoms. The van der Waals surface area contributed by atoms with Crippen LogP contribution < -0.4 is 0 Å². The van der Waals surface area contributed by atoms with Gasteiger partial charge in [-0.15, -0.1) is 0 Å². The Labute approximate surface area is 134 Å². The van der Waals surface area contributed by atoms with Gasteiger partial charge in [-0.05, 0) is 24.6 Å². The molecule has 1 aromatic rings. The van der Waals surface area contributed by atoms with Crippen LogP contribution in [0.2, 0.25) is 0 Å². The smallest absolute Gasteiger partial charge is 0.374 e. The predicted octanol–water partition coefficient (Wildman–Crippen LogP) is 6.00. The molecule has 0 aliphatic carbocycles. The normalized spacial score (nSPS) is 10.6. The minimum absolute atomic E-state index is 0.252. The van der Waals surface area contributed by atoms with E-state index in [0.29, 0.717) is 12.4 Å². The highest BCUT2D eigenvalue weighted by molar-refractivity contribution is 5.86. The minimum Gasteiger partial charge on any atom is -0.460 e. The van der Waals surface area contributed by atoms with Crippen LogP contribution in [0.4, 0.5) is 0 Å². The fraction of sp³-hybridized carbons (Fsp3) is 0.632. The molecule has 3 nitrogen and oxygen atoms in total. The average molecular weight is 306 g/mol. The molecule has 0 aromatic carbocycles. The molecule has 1 heterocycles. The third-order valence-corrected chi connectivity index (χ3v) is 3.76. The van der Waals surface area contributed by atoms with Crippen molar-refractivity contribution in [3.05, 3.63) is 30.2 Å². The zero-order valence-electron chi connectivity index (χ0n) is 13.9. The SMILES string of the molecule is C=Cc1ccc(C(=O)OCCCCCCCCCCCC)o1. The highest BCUT2D eigenvalue weighted by Crippen LogP contribution is 2.12. The quantitative estimate of drug-likeness (QED) is 0.331. The molecule has 0 N–H and O–H groups in total. The number of hydrogen-bond acceptors (Lipinski definition) is 3. The van der Waals surface area contributed by atoms with Crippen molar-refractivity contribution in [1.29, 1.82) is 0 Å². The van der Waals surface area contributed by atoms with Crippen LogP contribution in [0.1, 0.15) is 87.4 Å². The van der Waals surface area contributed by atoms with Crippen LogP contribution in [0.5, 0.6) is 0 Å². The van der Waals surface area contributed by atoms with Gasteiger partial charge in [-0.2, -0.15) is 0 Å². The fourth-order valence-corrected chi connectivity index (χ4v) is 2.40. The molecule has 0 aliphatic rings. The number of esters is 1. The lowest BCUT2D eigenvalue weighted by molar-refractivity contribution is 0.0461. The number of hydrogen-bond donors (Lipinski definition) is 0. The summed E-state index contributed by atoms with van der Waals surface area (Å²) in [7, 11) is 0. The lowest BCUT2D eigenvalue weighted by Gasteiger charge is -2.03. The van der Waals surface area contributed by atoms with Gasteiger partial charge in [-0.1, -0.05) is 71.3 Å². The van der Waals surface area contributed by atoms with Gasteiger partial charge in [0, 0.05) is 0 Å². The number of carbonyl (C=O) groups is 1. The highest BCUT2D eigenvalue weighted by atomic mass is 16.5. The summed E-state index contributed by atoms with van der Waals surface area (Å²) in [6.07, 6.45) is 14.3. The van der Waals surface area contributed by atoms with E-state index in [-0.39, 0.29) is 11.7 Å². The molecule has 22 heavy (non-hydrogen) atoms. The van der Waals surface area contributed by atoms with E-state index in [9.17, 15) is 4.79 Å². The van der Waals surface area contributed by atoms with E-state index >= 15 is 0 Å². The number of carbonyl (C=O) groups excluding carboxylic acids is 1. The van der Waals surface area contributed by atoms with E-state index < -0.39 is 0 Å². The number of ether oxygens (including phenoxy) is 1. The van der Waals surface area contributed by atoms with Gasteiger partial charge in [0.05, 0.1) is 6.61 Å². The third-order valence-electron chi connectivity index (χ3n) is 3.76. The predicted molar refractivity (Wildman–Crippen MR) is 90.9 cm³/mol. The number of furan rings is 1. The molecule has 1 rings (SSSR count). The van der Waals surface area contributed by atoms with Gasteiger partial charge in [0.15, 0.2) is 0 Å². The van der Waals surface area contributed by atoms with E-state index in [0.717, 1.165) is 12.8 Å². The van der Waals surface area contributed by atoms with Crippen molar-refractivity contribution < 1.29 is 13.9 Å². The zero-order chi connectivity index (χ0) is 16.0. The minimum atomic E-state index is -0.385. The molecule has 0 aliphatic heterocycles. The summed E-state index contributed by atoms with van der Waals surface area (Å²) in [4.78, 5) is 11.7. The summed E-state index contributed by atoms with van der Waals surface area (Å²) in [6, 6.07) is 3.34. The van der Waals surface area contributed by atoms with Gasteiger partial charge in [-0.3, -0.25) is 0 Å². The second-order valence-corrected chi connectivity index (χ2v) is 5.72. The summed E-state index contributed by atoms with van der Waals surface area (Å²) in [5, 5.41) is 0. The Balaban J connectivity index is 1.92. The van der Waals surface area contributed by atoms with E-state index in [2.05, 4.69) is 13.5 Å². The monoisotopic (exact) mass is 306 g/mol. The fourth-order valence-electron chi connectivity index (χ4n) is 2.40. The lowest BCUT2D eigenvalue weighted by atomic mass is 10.1.